The van der Waals surface area contributed by atoms with E-state index in [0.29, 0.717) is 16.4 Å². The fourth-order valence-electron chi connectivity index (χ4n) is 2.15. The molecule has 1 aromatic rings. The Bertz CT molecular complexity index is 516. The van der Waals surface area contributed by atoms with Crippen molar-refractivity contribution >= 4 is 39.2 Å². The Morgan fingerprint density at radius 3 is 2.65 bits per heavy atom. The molecule has 0 bridgehead atoms. The van der Waals surface area contributed by atoms with Crippen LogP contribution in [0.15, 0.2) is 22.7 Å². The van der Waals surface area contributed by atoms with Crippen LogP contribution >= 0.6 is 28.1 Å². The summed E-state index contributed by atoms with van der Waals surface area (Å²) < 4.78 is 5.89. The largest absolute Gasteiger partial charge is 0.496 e. The zero-order valence-corrected chi connectivity index (χ0v) is 13.7. The van der Waals surface area contributed by atoms with Crippen molar-refractivity contribution in [3.8, 4) is 5.75 Å². The van der Waals surface area contributed by atoms with Gasteiger partial charge in [0.25, 0.3) is 5.91 Å². The van der Waals surface area contributed by atoms with Gasteiger partial charge in [0.15, 0.2) is 5.11 Å². The first kappa shape index (κ1) is 15.3. The predicted octanol–water partition coefficient (Wildman–Crippen LogP) is 2.96. The van der Waals surface area contributed by atoms with Crippen molar-refractivity contribution in [2.75, 3.05) is 20.2 Å². The molecule has 1 aliphatic rings. The number of carbonyl (C=O) groups excluding carboxylic acids is 1. The standard InChI is InChI=1S/C14H17BrN2O2S/c1-19-12-6-5-10(9-11(12)15)13(18)16-14(20)17-7-3-2-4-8-17/h5-6,9H,2-4,7-8H2,1H3,(H,16,18,20). The lowest BCUT2D eigenvalue weighted by atomic mass is 10.1. The van der Waals surface area contributed by atoms with Crippen LogP contribution in [0.1, 0.15) is 29.6 Å². The molecule has 0 atom stereocenters. The Hall–Kier alpha value is -1.14. The number of ether oxygens (including phenoxy) is 1. The normalized spacial score (nSPS) is 14.8. The summed E-state index contributed by atoms with van der Waals surface area (Å²) in [6.45, 7) is 1.84. The van der Waals surface area contributed by atoms with Gasteiger partial charge < -0.3 is 9.64 Å². The molecule has 1 amide bonds. The van der Waals surface area contributed by atoms with Crippen LogP contribution in [0.25, 0.3) is 0 Å². The molecule has 0 spiro atoms. The predicted molar refractivity (Wildman–Crippen MR) is 86.2 cm³/mol. The fourth-order valence-corrected chi connectivity index (χ4v) is 2.97. The van der Waals surface area contributed by atoms with E-state index in [2.05, 4.69) is 26.1 Å². The summed E-state index contributed by atoms with van der Waals surface area (Å²) in [6.07, 6.45) is 3.49. The van der Waals surface area contributed by atoms with Crippen molar-refractivity contribution in [3.63, 3.8) is 0 Å². The van der Waals surface area contributed by atoms with E-state index < -0.39 is 0 Å². The molecule has 1 heterocycles. The number of thiocarbonyl (C=S) groups is 1. The molecule has 108 valence electrons. The Kier molecular flexibility index (Phi) is 5.37. The number of likely N-dealkylation sites (tertiary alicyclic amines) is 1. The molecular formula is C14H17BrN2O2S. The molecule has 1 aromatic carbocycles. The first-order chi connectivity index (χ1) is 9.61. The van der Waals surface area contributed by atoms with Crippen molar-refractivity contribution in [1.29, 1.82) is 0 Å². The summed E-state index contributed by atoms with van der Waals surface area (Å²) in [5, 5.41) is 3.30. The van der Waals surface area contributed by atoms with Gasteiger partial charge in [-0.1, -0.05) is 0 Å². The third kappa shape index (κ3) is 3.70. The summed E-state index contributed by atoms with van der Waals surface area (Å²) in [4.78, 5) is 14.2. The van der Waals surface area contributed by atoms with Crippen LogP contribution in [-0.4, -0.2) is 36.1 Å². The van der Waals surface area contributed by atoms with Gasteiger partial charge in [0.1, 0.15) is 5.75 Å². The first-order valence-corrected chi connectivity index (χ1v) is 7.75. The third-order valence-electron chi connectivity index (χ3n) is 3.28. The molecule has 1 aliphatic heterocycles. The fraction of sp³-hybridized carbons (Fsp3) is 0.429. The molecule has 1 saturated heterocycles. The number of piperidine rings is 1. The Labute approximate surface area is 132 Å². The first-order valence-electron chi connectivity index (χ1n) is 6.55. The second kappa shape index (κ2) is 7.04. The maximum Gasteiger partial charge on any atom is 0.257 e. The number of nitrogens with one attached hydrogen (secondary N) is 1. The van der Waals surface area contributed by atoms with Gasteiger partial charge in [0.2, 0.25) is 0 Å². The van der Waals surface area contributed by atoms with Gasteiger partial charge >= 0.3 is 0 Å². The summed E-state index contributed by atoms with van der Waals surface area (Å²) in [7, 11) is 1.59. The number of nitrogens with zero attached hydrogens (tertiary/aromatic N) is 1. The second-order valence-corrected chi connectivity index (χ2v) is 5.90. The van der Waals surface area contributed by atoms with Crippen LogP contribution in [0.5, 0.6) is 5.75 Å². The van der Waals surface area contributed by atoms with Crippen molar-refractivity contribution in [1.82, 2.24) is 10.2 Å². The van der Waals surface area contributed by atoms with Crippen LogP contribution in [0.2, 0.25) is 0 Å². The van der Waals surface area contributed by atoms with Gasteiger partial charge in [0, 0.05) is 18.7 Å². The average Bonchev–Trinajstić information content (AvgIpc) is 2.48. The molecule has 2 rings (SSSR count). The minimum absolute atomic E-state index is 0.191. The molecule has 20 heavy (non-hydrogen) atoms. The van der Waals surface area contributed by atoms with Gasteiger partial charge in [-0.15, -0.1) is 0 Å². The number of methoxy groups -OCH3 is 1. The second-order valence-electron chi connectivity index (χ2n) is 4.66. The van der Waals surface area contributed by atoms with Gasteiger partial charge in [-0.25, -0.2) is 0 Å². The van der Waals surface area contributed by atoms with Gasteiger partial charge in [-0.2, -0.15) is 0 Å². The average molecular weight is 357 g/mol. The van der Waals surface area contributed by atoms with E-state index in [4.69, 9.17) is 17.0 Å². The minimum atomic E-state index is -0.191. The van der Waals surface area contributed by atoms with Crippen molar-refractivity contribution in [2.24, 2.45) is 0 Å². The number of halogens is 1. The molecule has 0 saturated carbocycles. The maximum atomic E-state index is 12.2. The number of benzene rings is 1. The highest BCUT2D eigenvalue weighted by molar-refractivity contribution is 9.10. The van der Waals surface area contributed by atoms with E-state index >= 15 is 0 Å². The van der Waals surface area contributed by atoms with E-state index in [1.165, 1.54) is 6.42 Å². The Morgan fingerprint density at radius 1 is 1.35 bits per heavy atom. The van der Waals surface area contributed by atoms with E-state index in [-0.39, 0.29) is 5.91 Å². The number of hydrogen-bond donors (Lipinski definition) is 1. The van der Waals surface area contributed by atoms with Crippen LogP contribution in [-0.2, 0) is 0 Å². The van der Waals surface area contributed by atoms with Crippen LogP contribution in [0, 0.1) is 0 Å². The van der Waals surface area contributed by atoms with E-state index in [9.17, 15) is 4.79 Å². The highest BCUT2D eigenvalue weighted by atomic mass is 79.9. The minimum Gasteiger partial charge on any atom is -0.496 e. The number of rotatable bonds is 2. The highest BCUT2D eigenvalue weighted by Crippen LogP contribution is 2.25. The molecule has 0 radical (unpaired) electrons. The van der Waals surface area contributed by atoms with Crippen LogP contribution in [0.3, 0.4) is 0 Å². The van der Waals surface area contributed by atoms with Crippen molar-refractivity contribution in [3.05, 3.63) is 28.2 Å². The molecule has 6 heteroatoms. The lowest BCUT2D eigenvalue weighted by molar-refractivity contribution is 0.0972. The zero-order valence-electron chi connectivity index (χ0n) is 11.3. The third-order valence-corrected chi connectivity index (χ3v) is 4.26. The number of amides is 1. The Balaban J connectivity index is 2.00. The molecule has 0 aromatic heterocycles. The van der Waals surface area contributed by atoms with Crippen LogP contribution in [0.4, 0.5) is 0 Å². The van der Waals surface area contributed by atoms with E-state index in [0.717, 1.165) is 30.4 Å². The topological polar surface area (TPSA) is 41.6 Å². The molecule has 1 fully saturated rings. The lowest BCUT2D eigenvalue weighted by Gasteiger charge is -2.28. The summed E-state index contributed by atoms with van der Waals surface area (Å²) in [6, 6.07) is 5.20. The lowest BCUT2D eigenvalue weighted by Crippen LogP contribution is -2.44. The van der Waals surface area contributed by atoms with Crippen molar-refractivity contribution in [2.45, 2.75) is 19.3 Å². The number of hydrogen-bond acceptors (Lipinski definition) is 3. The Morgan fingerprint density at radius 2 is 2.05 bits per heavy atom. The molecule has 0 aliphatic carbocycles. The highest BCUT2D eigenvalue weighted by Gasteiger charge is 2.16. The summed E-state index contributed by atoms with van der Waals surface area (Å²) >= 11 is 8.66. The summed E-state index contributed by atoms with van der Waals surface area (Å²) in [5.74, 6) is 0.504. The maximum absolute atomic E-state index is 12.2. The van der Waals surface area contributed by atoms with Gasteiger partial charge in [0.05, 0.1) is 11.6 Å². The van der Waals surface area contributed by atoms with Gasteiger partial charge in [-0.05, 0) is 65.6 Å². The van der Waals surface area contributed by atoms with E-state index in [1.54, 1.807) is 25.3 Å². The van der Waals surface area contributed by atoms with Crippen molar-refractivity contribution < 1.29 is 9.53 Å². The quantitative estimate of drug-likeness (QED) is 0.827. The smallest absolute Gasteiger partial charge is 0.257 e. The van der Waals surface area contributed by atoms with E-state index in [1.807, 2.05) is 0 Å². The molecule has 0 unspecified atom stereocenters. The zero-order chi connectivity index (χ0) is 14.5. The molecular weight excluding hydrogens is 340 g/mol. The SMILES string of the molecule is COc1ccc(C(=O)NC(=S)N2CCCCC2)cc1Br. The number of carbonyl (C=O) groups is 1. The molecule has 4 nitrogen and oxygen atoms in total. The van der Waals surface area contributed by atoms with Gasteiger partial charge in [-0.3, -0.25) is 10.1 Å². The summed E-state index contributed by atoms with van der Waals surface area (Å²) in [5.41, 5.74) is 0.553. The monoisotopic (exact) mass is 356 g/mol. The molecule has 1 N–H and O–H groups in total. The van der Waals surface area contributed by atoms with Crippen LogP contribution < -0.4 is 10.1 Å².